The first-order valence-electron chi connectivity index (χ1n) is 5.23. The Bertz CT molecular complexity index is 460. The molecule has 1 aromatic rings. The van der Waals surface area contributed by atoms with Crippen molar-refractivity contribution in [3.8, 4) is 6.19 Å². The third-order valence-corrected chi connectivity index (χ3v) is 5.26. The van der Waals surface area contributed by atoms with Crippen molar-refractivity contribution < 1.29 is 0 Å². The summed E-state index contributed by atoms with van der Waals surface area (Å²) >= 11 is 9.13. The molecule has 4 rings (SSSR count). The Morgan fingerprint density at radius 3 is 3.06 bits per heavy atom. The van der Waals surface area contributed by atoms with Gasteiger partial charge in [0.1, 0.15) is 11.2 Å². The lowest BCUT2D eigenvalue weighted by Crippen LogP contribution is -2.69. The van der Waals surface area contributed by atoms with Crippen LogP contribution < -0.4 is 5.01 Å². The highest BCUT2D eigenvalue weighted by Gasteiger charge is 2.55. The van der Waals surface area contributed by atoms with Crippen molar-refractivity contribution in [2.75, 3.05) is 17.3 Å². The number of thioether (sulfide) groups is 1. The number of hydrazine groups is 1. The van der Waals surface area contributed by atoms with Gasteiger partial charge in [0.25, 0.3) is 0 Å². The van der Waals surface area contributed by atoms with E-state index in [1.165, 1.54) is 11.3 Å². The Labute approximate surface area is 113 Å². The number of rotatable bonds is 3. The van der Waals surface area contributed by atoms with E-state index in [4.69, 9.17) is 16.9 Å². The monoisotopic (exact) mass is 287 g/mol. The standard InChI is InChI=1S/C9H10ClN5S2/c1-2-14(7-3-12-8(10)17-7)15-6-4-16-9(15)13(6)5-11/h3,6,9H,2,4H2,1H3. The van der Waals surface area contributed by atoms with Gasteiger partial charge < -0.3 is 0 Å². The van der Waals surface area contributed by atoms with Gasteiger partial charge in [-0.25, -0.2) is 4.98 Å². The molecule has 8 heteroatoms. The molecule has 5 nitrogen and oxygen atoms in total. The molecule has 0 N–H and O–H groups in total. The van der Waals surface area contributed by atoms with Crippen molar-refractivity contribution >= 4 is 39.7 Å². The highest BCUT2D eigenvalue weighted by molar-refractivity contribution is 8.00. The van der Waals surface area contributed by atoms with Gasteiger partial charge in [-0.3, -0.25) is 9.91 Å². The zero-order chi connectivity index (χ0) is 12.0. The lowest BCUT2D eigenvalue weighted by molar-refractivity contribution is -0.0682. The smallest absolute Gasteiger partial charge is 0.185 e. The molecule has 0 saturated carbocycles. The maximum Gasteiger partial charge on any atom is 0.185 e. The molecular formula is C9H10ClN5S2. The molecule has 3 aliphatic rings. The molecule has 3 fully saturated rings. The van der Waals surface area contributed by atoms with Gasteiger partial charge in [0.15, 0.2) is 16.2 Å². The van der Waals surface area contributed by atoms with Gasteiger partial charge in [0, 0.05) is 12.3 Å². The van der Waals surface area contributed by atoms with Crippen LogP contribution in [0.1, 0.15) is 6.92 Å². The normalized spacial score (nSPS) is 26.8. The van der Waals surface area contributed by atoms with Crippen LogP contribution in [0.2, 0.25) is 4.47 Å². The van der Waals surface area contributed by atoms with Gasteiger partial charge >= 0.3 is 0 Å². The molecule has 2 unspecified atom stereocenters. The van der Waals surface area contributed by atoms with Crippen LogP contribution in [0.4, 0.5) is 5.00 Å². The van der Waals surface area contributed by atoms with Crippen LogP contribution in [-0.2, 0) is 0 Å². The fourth-order valence-electron chi connectivity index (χ4n) is 2.16. The van der Waals surface area contributed by atoms with Gasteiger partial charge in [0.05, 0.1) is 6.20 Å². The molecule has 17 heavy (non-hydrogen) atoms. The fraction of sp³-hybridized carbons (Fsp3) is 0.556. The molecule has 0 aliphatic carbocycles. The molecule has 0 radical (unpaired) electrons. The van der Waals surface area contributed by atoms with E-state index in [0.29, 0.717) is 4.47 Å². The van der Waals surface area contributed by atoms with Gasteiger partial charge in [-0.05, 0) is 6.92 Å². The van der Waals surface area contributed by atoms with Crippen LogP contribution in [0.3, 0.4) is 0 Å². The van der Waals surface area contributed by atoms with Crippen LogP contribution in [0.5, 0.6) is 0 Å². The van der Waals surface area contributed by atoms with Crippen molar-refractivity contribution in [3.63, 3.8) is 0 Å². The second kappa shape index (κ2) is 4.21. The Balaban J connectivity index is 1.83. The topological polar surface area (TPSA) is 46.4 Å². The summed E-state index contributed by atoms with van der Waals surface area (Å²) in [5, 5.41) is 14.4. The van der Waals surface area contributed by atoms with Gasteiger partial charge in [0.2, 0.25) is 0 Å². The summed E-state index contributed by atoms with van der Waals surface area (Å²) in [7, 11) is 0. The van der Waals surface area contributed by atoms with Crippen molar-refractivity contribution in [1.29, 1.82) is 5.26 Å². The van der Waals surface area contributed by atoms with Crippen molar-refractivity contribution in [2.24, 2.45) is 0 Å². The Morgan fingerprint density at radius 2 is 2.59 bits per heavy atom. The maximum atomic E-state index is 9.00. The highest BCUT2D eigenvalue weighted by atomic mass is 35.5. The Kier molecular flexibility index (Phi) is 2.83. The molecule has 1 aromatic heterocycles. The Morgan fingerprint density at radius 1 is 1.76 bits per heavy atom. The number of nitrogens with zero attached hydrogens (tertiary/aromatic N) is 5. The lowest BCUT2D eigenvalue weighted by atomic mass is 10.3. The maximum absolute atomic E-state index is 9.00. The van der Waals surface area contributed by atoms with Crippen LogP contribution in [0, 0.1) is 11.5 Å². The molecule has 2 atom stereocenters. The predicted molar refractivity (Wildman–Crippen MR) is 69.5 cm³/mol. The zero-order valence-corrected chi connectivity index (χ0v) is 11.5. The van der Waals surface area contributed by atoms with Crippen LogP contribution in [0.25, 0.3) is 0 Å². The SMILES string of the molecule is CCN(c1cnc(Cl)s1)N1C2CSC1N2C#N. The van der Waals surface area contributed by atoms with E-state index in [-0.39, 0.29) is 11.7 Å². The summed E-state index contributed by atoms with van der Waals surface area (Å²) in [5.41, 5.74) is 0.144. The number of fused-ring (bicyclic) bond motifs is 1. The molecule has 0 amide bonds. The average Bonchev–Trinajstić information content (AvgIpc) is 2.99. The number of aromatic nitrogens is 1. The molecule has 2 bridgehead atoms. The first-order valence-corrected chi connectivity index (χ1v) is 7.47. The summed E-state index contributed by atoms with van der Waals surface area (Å²) in [6, 6.07) is 0. The average molecular weight is 288 g/mol. The number of anilines is 1. The summed E-state index contributed by atoms with van der Waals surface area (Å²) in [6.45, 7) is 2.94. The molecule has 3 saturated heterocycles. The van der Waals surface area contributed by atoms with Crippen molar-refractivity contribution in [3.05, 3.63) is 10.7 Å². The first kappa shape index (κ1) is 11.4. The summed E-state index contributed by atoms with van der Waals surface area (Å²) < 4.78 is 0.552. The van der Waals surface area contributed by atoms with Gasteiger partial charge in [-0.2, -0.15) is 10.3 Å². The summed E-state index contributed by atoms with van der Waals surface area (Å²) in [5.74, 6) is 0.973. The minimum Gasteiger partial charge on any atom is -0.291 e. The minimum atomic E-state index is 0.144. The number of hydrogen-bond donors (Lipinski definition) is 0. The molecular weight excluding hydrogens is 278 g/mol. The number of thiazole rings is 1. The first-order chi connectivity index (χ1) is 8.26. The number of nitriles is 1. The molecule has 0 spiro atoms. The second-order valence-corrected chi connectivity index (χ2v) is 6.37. The van der Waals surface area contributed by atoms with E-state index in [2.05, 4.69) is 28.1 Å². The van der Waals surface area contributed by atoms with E-state index in [1.54, 1.807) is 18.0 Å². The number of hydrogen-bond acceptors (Lipinski definition) is 7. The Hall–Kier alpha value is -0.680. The van der Waals surface area contributed by atoms with Gasteiger partial charge in [-0.15, -0.1) is 11.8 Å². The highest BCUT2D eigenvalue weighted by Crippen LogP contribution is 2.46. The molecule has 4 heterocycles. The minimum absolute atomic E-state index is 0.144. The van der Waals surface area contributed by atoms with Crippen molar-refractivity contribution in [1.82, 2.24) is 14.9 Å². The molecule has 90 valence electrons. The van der Waals surface area contributed by atoms with E-state index in [0.717, 1.165) is 17.3 Å². The van der Waals surface area contributed by atoms with E-state index < -0.39 is 0 Å². The van der Waals surface area contributed by atoms with E-state index in [9.17, 15) is 0 Å². The van der Waals surface area contributed by atoms with Crippen LogP contribution in [-0.4, -0.2) is 38.9 Å². The van der Waals surface area contributed by atoms with Crippen molar-refractivity contribution in [2.45, 2.75) is 18.6 Å². The lowest BCUT2D eigenvalue weighted by Gasteiger charge is -2.51. The second-order valence-electron chi connectivity index (χ2n) is 3.69. The largest absolute Gasteiger partial charge is 0.291 e. The summed E-state index contributed by atoms with van der Waals surface area (Å²) in [4.78, 5) is 5.90. The summed E-state index contributed by atoms with van der Waals surface area (Å²) in [6.07, 6.45) is 4.21. The van der Waals surface area contributed by atoms with Gasteiger partial charge in [-0.1, -0.05) is 22.9 Å². The fourth-order valence-corrected chi connectivity index (χ4v) is 4.57. The quantitative estimate of drug-likeness (QED) is 0.793. The number of halogens is 1. The zero-order valence-electron chi connectivity index (χ0n) is 9.08. The predicted octanol–water partition coefficient (Wildman–Crippen LogP) is 1.99. The third-order valence-electron chi connectivity index (χ3n) is 2.90. The molecule has 3 aliphatic heterocycles. The van der Waals surface area contributed by atoms with E-state index in [1.807, 2.05) is 4.90 Å². The van der Waals surface area contributed by atoms with Crippen LogP contribution in [0.15, 0.2) is 6.20 Å². The third kappa shape index (κ3) is 1.59. The van der Waals surface area contributed by atoms with Crippen LogP contribution >= 0.6 is 34.7 Å². The van der Waals surface area contributed by atoms with E-state index >= 15 is 0 Å². The molecule has 0 aromatic carbocycles.